The van der Waals surface area contributed by atoms with Gasteiger partial charge in [0.05, 0.1) is 4.47 Å². The number of aromatic nitrogens is 1. The minimum atomic E-state index is 0.759. The van der Waals surface area contributed by atoms with Gasteiger partial charge in [-0.1, -0.05) is 12.2 Å². The molecule has 0 aliphatic rings. The Labute approximate surface area is 87.2 Å². The minimum absolute atomic E-state index is 0.759. The summed E-state index contributed by atoms with van der Waals surface area (Å²) >= 11 is 3.44. The van der Waals surface area contributed by atoms with Gasteiger partial charge in [-0.25, -0.2) is 4.98 Å². The molecule has 70 valence electrons. The third-order valence-electron chi connectivity index (χ3n) is 1.54. The normalized spacial score (nSPS) is 9.77. The summed E-state index contributed by atoms with van der Waals surface area (Å²) in [7, 11) is 0. The lowest BCUT2D eigenvalue weighted by Crippen LogP contribution is -2.04. The van der Waals surface area contributed by atoms with Crippen LogP contribution in [-0.2, 0) is 0 Å². The Morgan fingerprint density at radius 1 is 1.69 bits per heavy atom. The van der Waals surface area contributed by atoms with E-state index in [0.717, 1.165) is 28.0 Å². The van der Waals surface area contributed by atoms with Gasteiger partial charge in [-0.05, 0) is 41.4 Å². The highest BCUT2D eigenvalue weighted by Crippen LogP contribution is 2.20. The summed E-state index contributed by atoms with van der Waals surface area (Å²) in [4.78, 5) is 4.25. The van der Waals surface area contributed by atoms with Crippen LogP contribution in [0.3, 0.4) is 0 Å². The maximum absolute atomic E-state index is 4.25. The van der Waals surface area contributed by atoms with Crippen LogP contribution in [0.4, 0.5) is 5.82 Å². The molecule has 1 heterocycles. The van der Waals surface area contributed by atoms with Crippen molar-refractivity contribution in [2.45, 2.75) is 13.8 Å². The van der Waals surface area contributed by atoms with Crippen molar-refractivity contribution >= 4 is 21.7 Å². The zero-order chi connectivity index (χ0) is 9.84. The highest BCUT2D eigenvalue weighted by Gasteiger charge is 1.99. The molecule has 0 radical (unpaired) electrons. The maximum Gasteiger partial charge on any atom is 0.140 e. The van der Waals surface area contributed by atoms with E-state index >= 15 is 0 Å². The first kappa shape index (κ1) is 10.3. The van der Waals surface area contributed by atoms with E-state index in [4.69, 9.17) is 0 Å². The molecule has 0 unspecified atom stereocenters. The van der Waals surface area contributed by atoms with Crippen LogP contribution >= 0.6 is 15.9 Å². The van der Waals surface area contributed by atoms with E-state index in [2.05, 4.69) is 32.8 Å². The molecule has 0 aliphatic heterocycles. The average molecular weight is 241 g/mol. The second-order valence-corrected chi connectivity index (χ2v) is 4.01. The molecule has 13 heavy (non-hydrogen) atoms. The second-order valence-electron chi connectivity index (χ2n) is 3.15. The van der Waals surface area contributed by atoms with Crippen LogP contribution in [0.5, 0.6) is 0 Å². The van der Waals surface area contributed by atoms with Crippen LogP contribution in [0.1, 0.15) is 12.5 Å². The lowest BCUT2D eigenvalue weighted by Gasteiger charge is -2.07. The molecule has 0 fully saturated rings. The summed E-state index contributed by atoms with van der Waals surface area (Å²) in [6, 6.07) is 2.04. The fraction of sp³-hybridized carbons (Fsp3) is 0.300. The molecule has 1 N–H and O–H groups in total. The van der Waals surface area contributed by atoms with E-state index in [1.165, 1.54) is 0 Å². The summed E-state index contributed by atoms with van der Waals surface area (Å²) in [6.45, 7) is 8.57. The van der Waals surface area contributed by atoms with Crippen molar-refractivity contribution in [3.05, 3.63) is 34.5 Å². The highest BCUT2D eigenvalue weighted by atomic mass is 79.9. The van der Waals surface area contributed by atoms with Crippen LogP contribution in [0.25, 0.3) is 0 Å². The molecule has 0 aliphatic carbocycles. The first-order valence-corrected chi connectivity index (χ1v) is 4.89. The lowest BCUT2D eigenvalue weighted by molar-refractivity contribution is 1.15. The molecular weight excluding hydrogens is 228 g/mol. The van der Waals surface area contributed by atoms with Crippen molar-refractivity contribution in [1.29, 1.82) is 0 Å². The van der Waals surface area contributed by atoms with E-state index in [0.29, 0.717) is 0 Å². The van der Waals surface area contributed by atoms with Gasteiger partial charge in [0.2, 0.25) is 0 Å². The highest BCUT2D eigenvalue weighted by molar-refractivity contribution is 9.10. The Hall–Kier alpha value is -0.830. The average Bonchev–Trinajstić information content (AvgIpc) is 2.02. The lowest BCUT2D eigenvalue weighted by atomic mass is 10.3. The van der Waals surface area contributed by atoms with Gasteiger partial charge in [0.25, 0.3) is 0 Å². The van der Waals surface area contributed by atoms with Gasteiger partial charge in [0.1, 0.15) is 5.82 Å². The molecule has 3 heteroatoms. The molecule has 2 nitrogen and oxygen atoms in total. The van der Waals surface area contributed by atoms with Gasteiger partial charge in [0, 0.05) is 12.7 Å². The monoisotopic (exact) mass is 240 g/mol. The van der Waals surface area contributed by atoms with Gasteiger partial charge >= 0.3 is 0 Å². The number of anilines is 1. The Bertz CT molecular complexity index is 321. The maximum atomic E-state index is 4.25. The molecule has 0 atom stereocenters. The van der Waals surface area contributed by atoms with Crippen molar-refractivity contribution in [3.8, 4) is 0 Å². The topological polar surface area (TPSA) is 24.9 Å². The number of aryl methyl sites for hydroxylation is 1. The quantitative estimate of drug-likeness (QED) is 0.822. The SMILES string of the molecule is C=C(C)CNc1ncc(C)cc1Br. The van der Waals surface area contributed by atoms with E-state index in [1.54, 1.807) is 0 Å². The molecule has 0 saturated carbocycles. The molecule has 0 bridgehead atoms. The zero-order valence-corrected chi connectivity index (χ0v) is 9.48. The molecule has 1 aromatic heterocycles. The Balaban J connectivity index is 2.72. The third kappa shape index (κ3) is 3.19. The predicted octanol–water partition coefficient (Wildman–Crippen LogP) is 3.14. The van der Waals surface area contributed by atoms with Gasteiger partial charge in [-0.3, -0.25) is 0 Å². The number of hydrogen-bond acceptors (Lipinski definition) is 2. The van der Waals surface area contributed by atoms with Crippen LogP contribution in [0.2, 0.25) is 0 Å². The summed E-state index contributed by atoms with van der Waals surface area (Å²) in [5.74, 6) is 0.869. The van der Waals surface area contributed by atoms with Crippen molar-refractivity contribution < 1.29 is 0 Å². The van der Waals surface area contributed by atoms with Crippen molar-refractivity contribution in [1.82, 2.24) is 4.98 Å². The smallest absolute Gasteiger partial charge is 0.140 e. The molecule has 1 aromatic rings. The van der Waals surface area contributed by atoms with E-state index in [1.807, 2.05) is 26.1 Å². The van der Waals surface area contributed by atoms with Crippen molar-refractivity contribution in [2.24, 2.45) is 0 Å². The van der Waals surface area contributed by atoms with Crippen LogP contribution in [0.15, 0.2) is 28.9 Å². The van der Waals surface area contributed by atoms with E-state index < -0.39 is 0 Å². The van der Waals surface area contributed by atoms with Gasteiger partial charge in [0.15, 0.2) is 0 Å². The Kier molecular flexibility index (Phi) is 3.48. The Morgan fingerprint density at radius 3 is 2.92 bits per heavy atom. The van der Waals surface area contributed by atoms with Crippen LogP contribution in [0, 0.1) is 6.92 Å². The first-order valence-electron chi connectivity index (χ1n) is 4.10. The molecule has 0 amide bonds. The number of pyridine rings is 1. The molecule has 1 rings (SSSR count). The van der Waals surface area contributed by atoms with Gasteiger partial charge in [-0.2, -0.15) is 0 Å². The number of nitrogens with zero attached hydrogens (tertiary/aromatic N) is 1. The Morgan fingerprint density at radius 2 is 2.38 bits per heavy atom. The fourth-order valence-electron chi connectivity index (χ4n) is 0.898. The number of nitrogens with one attached hydrogen (secondary N) is 1. The predicted molar refractivity (Wildman–Crippen MR) is 60.0 cm³/mol. The summed E-state index contributed by atoms with van der Waals surface area (Å²) in [5, 5.41) is 3.18. The molecular formula is C10H13BrN2. The zero-order valence-electron chi connectivity index (χ0n) is 7.89. The minimum Gasteiger partial charge on any atom is -0.365 e. The largest absolute Gasteiger partial charge is 0.365 e. The molecule has 0 spiro atoms. The van der Waals surface area contributed by atoms with Gasteiger partial charge < -0.3 is 5.32 Å². The van der Waals surface area contributed by atoms with Crippen molar-refractivity contribution in [3.63, 3.8) is 0 Å². The summed E-state index contributed by atoms with van der Waals surface area (Å²) in [6.07, 6.45) is 1.84. The van der Waals surface area contributed by atoms with Crippen LogP contribution < -0.4 is 5.32 Å². The number of hydrogen-bond donors (Lipinski definition) is 1. The third-order valence-corrected chi connectivity index (χ3v) is 2.14. The van der Waals surface area contributed by atoms with Crippen LogP contribution in [-0.4, -0.2) is 11.5 Å². The van der Waals surface area contributed by atoms with E-state index in [9.17, 15) is 0 Å². The standard InChI is InChI=1S/C10H13BrN2/c1-7(2)5-12-10-9(11)4-8(3)6-13-10/h4,6H,1,5H2,2-3H3,(H,12,13). The van der Waals surface area contributed by atoms with Gasteiger partial charge in [-0.15, -0.1) is 0 Å². The summed E-state index contributed by atoms with van der Waals surface area (Å²) in [5.41, 5.74) is 2.24. The molecule has 0 aromatic carbocycles. The second kappa shape index (κ2) is 4.42. The number of rotatable bonds is 3. The van der Waals surface area contributed by atoms with Crippen molar-refractivity contribution in [2.75, 3.05) is 11.9 Å². The first-order chi connectivity index (χ1) is 6.09. The summed E-state index contributed by atoms with van der Waals surface area (Å²) < 4.78 is 0.994. The fourth-order valence-corrected chi connectivity index (χ4v) is 1.50. The van der Waals surface area contributed by atoms with E-state index in [-0.39, 0.29) is 0 Å². The number of halogens is 1. The molecule has 0 saturated heterocycles.